The lowest BCUT2D eigenvalue weighted by Crippen LogP contribution is -2.36. The Bertz CT molecular complexity index is 904. The number of hydrogen-bond acceptors (Lipinski definition) is 6. The topological polar surface area (TPSA) is 84.2 Å². The highest BCUT2D eigenvalue weighted by molar-refractivity contribution is 6.05. The van der Waals surface area contributed by atoms with Gasteiger partial charge in [-0.1, -0.05) is 23.4 Å². The minimum atomic E-state index is -0.136. The number of benzene rings is 1. The molecule has 25 heavy (non-hydrogen) atoms. The third-order valence-corrected chi connectivity index (χ3v) is 4.11. The Hall–Kier alpha value is -3.22. The summed E-state index contributed by atoms with van der Waals surface area (Å²) < 4.78 is 4.99. The number of carbonyl (C=O) groups excluding carboxylic acids is 1. The molecule has 0 saturated heterocycles. The molecule has 0 spiro atoms. The molecule has 1 amide bonds. The molecule has 0 aliphatic carbocycles. The molecule has 1 aliphatic heterocycles. The second kappa shape index (κ2) is 6.35. The summed E-state index contributed by atoms with van der Waals surface area (Å²) in [4.78, 5) is 23.1. The summed E-state index contributed by atoms with van der Waals surface area (Å²) in [5, 5.41) is 6.82. The summed E-state index contributed by atoms with van der Waals surface area (Å²) in [5.74, 6) is 1.62. The Morgan fingerprint density at radius 3 is 2.84 bits per heavy atom. The number of rotatable bonds is 3. The van der Waals surface area contributed by atoms with Gasteiger partial charge in [0.25, 0.3) is 5.91 Å². The maximum atomic E-state index is 12.8. The van der Waals surface area contributed by atoms with Gasteiger partial charge in [0.05, 0.1) is 12.4 Å². The van der Waals surface area contributed by atoms with Crippen LogP contribution < -0.4 is 10.2 Å². The minimum absolute atomic E-state index is 0.136. The number of aryl methyl sites for hydroxylation is 2. The van der Waals surface area contributed by atoms with Crippen LogP contribution in [0.15, 0.2) is 47.2 Å². The Labute approximate surface area is 144 Å². The van der Waals surface area contributed by atoms with Gasteiger partial charge in [-0.15, -0.1) is 0 Å². The molecule has 0 atom stereocenters. The summed E-state index contributed by atoms with van der Waals surface area (Å²) in [6.07, 6.45) is 4.94. The van der Waals surface area contributed by atoms with Crippen LogP contribution in [-0.4, -0.2) is 27.6 Å². The zero-order valence-electron chi connectivity index (χ0n) is 13.8. The fourth-order valence-corrected chi connectivity index (χ4v) is 2.94. The van der Waals surface area contributed by atoms with Gasteiger partial charge in [-0.25, -0.2) is 9.97 Å². The quantitative estimate of drug-likeness (QED) is 0.792. The van der Waals surface area contributed by atoms with Crippen molar-refractivity contribution in [3.05, 3.63) is 59.7 Å². The molecule has 0 bridgehead atoms. The van der Waals surface area contributed by atoms with Gasteiger partial charge >= 0.3 is 0 Å². The van der Waals surface area contributed by atoms with Crippen LogP contribution >= 0.6 is 0 Å². The van der Waals surface area contributed by atoms with Crippen molar-refractivity contribution in [2.45, 2.75) is 19.8 Å². The van der Waals surface area contributed by atoms with Gasteiger partial charge in [-0.3, -0.25) is 4.79 Å². The molecule has 3 aromatic rings. The van der Waals surface area contributed by atoms with Crippen molar-refractivity contribution < 1.29 is 9.32 Å². The van der Waals surface area contributed by atoms with Crippen molar-refractivity contribution in [3.63, 3.8) is 0 Å². The highest BCUT2D eigenvalue weighted by Crippen LogP contribution is 2.27. The zero-order chi connectivity index (χ0) is 17.2. The lowest BCUT2D eigenvalue weighted by atomic mass is 10.0. The number of amides is 1. The highest BCUT2D eigenvalue weighted by Gasteiger charge is 2.24. The summed E-state index contributed by atoms with van der Waals surface area (Å²) >= 11 is 0. The molecule has 126 valence electrons. The first-order valence-corrected chi connectivity index (χ1v) is 8.13. The predicted octanol–water partition coefficient (Wildman–Crippen LogP) is 3.11. The number of nitrogens with one attached hydrogen (secondary N) is 1. The molecule has 3 heterocycles. The predicted molar refractivity (Wildman–Crippen MR) is 93.0 cm³/mol. The van der Waals surface area contributed by atoms with Crippen LogP contribution in [0, 0.1) is 6.92 Å². The first-order valence-electron chi connectivity index (χ1n) is 8.13. The molecule has 1 N–H and O–H groups in total. The number of carbonyl (C=O) groups is 1. The fourth-order valence-electron chi connectivity index (χ4n) is 2.94. The molecule has 1 aliphatic rings. The van der Waals surface area contributed by atoms with Gasteiger partial charge in [-0.05, 0) is 31.4 Å². The third-order valence-electron chi connectivity index (χ3n) is 4.11. The molecule has 0 saturated carbocycles. The van der Waals surface area contributed by atoms with Crippen LogP contribution in [0.5, 0.6) is 0 Å². The van der Waals surface area contributed by atoms with Crippen LogP contribution in [0.1, 0.15) is 28.2 Å². The molecule has 7 nitrogen and oxygen atoms in total. The molecular formula is C18H17N5O2. The van der Waals surface area contributed by atoms with Gasteiger partial charge in [0.2, 0.25) is 0 Å². The third kappa shape index (κ3) is 3.08. The van der Waals surface area contributed by atoms with Gasteiger partial charge in [-0.2, -0.15) is 0 Å². The average molecular weight is 335 g/mol. The van der Waals surface area contributed by atoms with E-state index in [2.05, 4.69) is 26.5 Å². The Morgan fingerprint density at radius 2 is 2.08 bits per heavy atom. The second-order valence-corrected chi connectivity index (χ2v) is 5.92. The Morgan fingerprint density at radius 1 is 1.20 bits per heavy atom. The van der Waals surface area contributed by atoms with Crippen LogP contribution in [0.4, 0.5) is 17.3 Å². The monoisotopic (exact) mass is 335 g/mol. The molecule has 0 unspecified atom stereocenters. The Kier molecular flexibility index (Phi) is 3.89. The van der Waals surface area contributed by atoms with E-state index in [0.717, 1.165) is 18.5 Å². The number of nitrogens with zero attached hydrogens (tertiary/aromatic N) is 4. The van der Waals surface area contributed by atoms with E-state index in [4.69, 9.17) is 4.52 Å². The van der Waals surface area contributed by atoms with Gasteiger partial charge < -0.3 is 14.7 Å². The minimum Gasteiger partial charge on any atom is -0.360 e. The van der Waals surface area contributed by atoms with Crippen LogP contribution in [-0.2, 0) is 6.42 Å². The molecule has 4 rings (SSSR count). The normalized spacial score (nSPS) is 13.4. The highest BCUT2D eigenvalue weighted by atomic mass is 16.5. The van der Waals surface area contributed by atoms with Crippen molar-refractivity contribution in [1.29, 1.82) is 0 Å². The van der Waals surface area contributed by atoms with Crippen molar-refractivity contribution in [2.24, 2.45) is 0 Å². The van der Waals surface area contributed by atoms with E-state index in [1.165, 1.54) is 18.0 Å². The number of aromatic nitrogens is 3. The fraction of sp³-hybridized carbons (Fsp3) is 0.222. The van der Waals surface area contributed by atoms with E-state index in [1.54, 1.807) is 11.0 Å². The second-order valence-electron chi connectivity index (χ2n) is 5.92. The van der Waals surface area contributed by atoms with Gasteiger partial charge in [0.1, 0.15) is 17.3 Å². The van der Waals surface area contributed by atoms with E-state index >= 15 is 0 Å². The van der Waals surface area contributed by atoms with Crippen molar-refractivity contribution in [2.75, 3.05) is 16.8 Å². The smallest absolute Gasteiger partial charge is 0.278 e. The summed E-state index contributed by atoms with van der Waals surface area (Å²) in [6, 6.07) is 9.74. The molecule has 1 aromatic carbocycles. The maximum absolute atomic E-state index is 12.8. The van der Waals surface area contributed by atoms with E-state index in [0.29, 0.717) is 29.6 Å². The van der Waals surface area contributed by atoms with E-state index in [9.17, 15) is 4.79 Å². The average Bonchev–Trinajstić information content (AvgIpc) is 3.06. The summed E-state index contributed by atoms with van der Waals surface area (Å²) in [6.45, 7) is 2.50. The zero-order valence-corrected chi connectivity index (χ0v) is 13.8. The lowest BCUT2D eigenvalue weighted by molar-refractivity contribution is 0.0980. The van der Waals surface area contributed by atoms with Crippen molar-refractivity contribution in [3.8, 4) is 0 Å². The molecule has 0 fully saturated rings. The van der Waals surface area contributed by atoms with Crippen LogP contribution in [0.3, 0.4) is 0 Å². The SMILES string of the molecule is Cc1cc(Nc2cnc(C(=O)N3CCCc4ccccc43)cn2)no1. The molecular weight excluding hydrogens is 318 g/mol. The molecule has 2 aromatic heterocycles. The van der Waals surface area contributed by atoms with E-state index in [-0.39, 0.29) is 5.91 Å². The largest absolute Gasteiger partial charge is 0.360 e. The first kappa shape index (κ1) is 15.3. The van der Waals surface area contributed by atoms with Gasteiger partial charge in [0.15, 0.2) is 5.82 Å². The Balaban J connectivity index is 1.53. The molecule has 7 heteroatoms. The van der Waals surface area contributed by atoms with Crippen molar-refractivity contribution >= 4 is 23.2 Å². The number of hydrogen-bond donors (Lipinski definition) is 1. The standard InChI is InChI=1S/C18H17N5O2/c1-12-9-16(22-25-12)21-17-11-19-14(10-20-17)18(24)23-8-4-6-13-5-2-3-7-15(13)23/h2-3,5,7,9-11H,4,6,8H2,1H3,(H,20,21,22). The van der Waals surface area contributed by atoms with Crippen molar-refractivity contribution in [1.82, 2.24) is 15.1 Å². The van der Waals surface area contributed by atoms with Crippen LogP contribution in [0.2, 0.25) is 0 Å². The van der Waals surface area contributed by atoms with E-state index < -0.39 is 0 Å². The van der Waals surface area contributed by atoms with E-state index in [1.807, 2.05) is 25.1 Å². The van der Waals surface area contributed by atoms with Crippen LogP contribution in [0.25, 0.3) is 0 Å². The van der Waals surface area contributed by atoms with Gasteiger partial charge in [0, 0.05) is 18.3 Å². The number of para-hydroxylation sites is 1. The summed E-state index contributed by atoms with van der Waals surface area (Å²) in [5.41, 5.74) is 2.47. The number of anilines is 3. The number of fused-ring (bicyclic) bond motifs is 1. The molecule has 0 radical (unpaired) electrons. The maximum Gasteiger partial charge on any atom is 0.278 e. The lowest BCUT2D eigenvalue weighted by Gasteiger charge is -2.29. The first-order chi connectivity index (χ1) is 12.2. The summed E-state index contributed by atoms with van der Waals surface area (Å²) in [7, 11) is 0.